The van der Waals surface area contributed by atoms with Crippen LogP contribution in [0.3, 0.4) is 0 Å². The summed E-state index contributed by atoms with van der Waals surface area (Å²) in [4.78, 5) is 0.485. The first-order valence-electron chi connectivity index (χ1n) is 5.86. The molecule has 1 atom stereocenters. The van der Waals surface area contributed by atoms with E-state index in [1.807, 2.05) is 0 Å². The standard InChI is InChI=1S/C15H14Br2/c1-15(2)13-7-9(16)3-5-11(13)12-6-4-10(17)8-14(12)15/h3-7,10H,8H2,1-2H3. The molecule has 1 aromatic rings. The summed E-state index contributed by atoms with van der Waals surface area (Å²) in [6, 6.07) is 6.64. The second kappa shape index (κ2) is 3.83. The molecule has 0 aliphatic heterocycles. The van der Waals surface area contributed by atoms with E-state index in [2.05, 4.69) is 76.1 Å². The Hall–Kier alpha value is -0.340. The van der Waals surface area contributed by atoms with Gasteiger partial charge in [0.25, 0.3) is 0 Å². The minimum Gasteiger partial charge on any atom is -0.0842 e. The molecule has 0 nitrogen and oxygen atoms in total. The van der Waals surface area contributed by atoms with Gasteiger partial charge in [-0.15, -0.1) is 0 Å². The van der Waals surface area contributed by atoms with Crippen LogP contribution in [0.25, 0.3) is 5.57 Å². The molecular weight excluding hydrogens is 340 g/mol. The van der Waals surface area contributed by atoms with Gasteiger partial charge in [0.15, 0.2) is 0 Å². The number of alkyl halides is 1. The van der Waals surface area contributed by atoms with E-state index in [1.165, 1.54) is 21.2 Å². The molecular formula is C15H14Br2. The lowest BCUT2D eigenvalue weighted by Crippen LogP contribution is -2.20. The molecule has 0 bridgehead atoms. The van der Waals surface area contributed by atoms with E-state index in [-0.39, 0.29) is 5.41 Å². The van der Waals surface area contributed by atoms with Crippen molar-refractivity contribution < 1.29 is 0 Å². The van der Waals surface area contributed by atoms with Gasteiger partial charge in [-0.2, -0.15) is 0 Å². The number of allylic oxidation sites excluding steroid dienone is 4. The second-order valence-corrected chi connectivity index (χ2v) is 7.38. The summed E-state index contributed by atoms with van der Waals surface area (Å²) >= 11 is 7.29. The summed E-state index contributed by atoms with van der Waals surface area (Å²) in [6.07, 6.45) is 5.65. The van der Waals surface area contributed by atoms with Crippen molar-refractivity contribution in [3.05, 3.63) is 51.5 Å². The number of halogens is 2. The topological polar surface area (TPSA) is 0 Å². The summed E-state index contributed by atoms with van der Waals surface area (Å²) in [5.74, 6) is 0. The minimum atomic E-state index is 0.158. The number of hydrogen-bond donors (Lipinski definition) is 0. The van der Waals surface area contributed by atoms with Crippen molar-refractivity contribution in [1.82, 2.24) is 0 Å². The molecule has 0 amide bonds. The van der Waals surface area contributed by atoms with Gasteiger partial charge in [-0.25, -0.2) is 0 Å². The third-order valence-corrected chi connectivity index (χ3v) is 5.02. The third kappa shape index (κ3) is 1.68. The van der Waals surface area contributed by atoms with Gasteiger partial charge in [0.05, 0.1) is 0 Å². The van der Waals surface area contributed by atoms with Crippen molar-refractivity contribution in [3.8, 4) is 0 Å². The molecule has 0 radical (unpaired) electrons. The molecule has 2 aliphatic rings. The maximum atomic E-state index is 3.71. The van der Waals surface area contributed by atoms with Crippen LogP contribution in [-0.2, 0) is 5.41 Å². The van der Waals surface area contributed by atoms with E-state index in [9.17, 15) is 0 Å². The van der Waals surface area contributed by atoms with Crippen LogP contribution < -0.4 is 0 Å². The molecule has 0 fully saturated rings. The monoisotopic (exact) mass is 352 g/mol. The number of benzene rings is 1. The minimum absolute atomic E-state index is 0.158. The van der Waals surface area contributed by atoms with Gasteiger partial charge in [0.2, 0.25) is 0 Å². The van der Waals surface area contributed by atoms with E-state index in [4.69, 9.17) is 0 Å². The Labute approximate surface area is 119 Å². The second-order valence-electron chi connectivity index (χ2n) is 5.29. The highest BCUT2D eigenvalue weighted by Crippen LogP contribution is 2.51. The molecule has 3 rings (SSSR count). The Kier molecular flexibility index (Phi) is 2.64. The van der Waals surface area contributed by atoms with E-state index in [0.29, 0.717) is 4.83 Å². The molecule has 0 saturated heterocycles. The molecule has 1 unspecified atom stereocenters. The fourth-order valence-corrected chi connectivity index (χ4v) is 3.79. The molecule has 2 aliphatic carbocycles. The van der Waals surface area contributed by atoms with Crippen LogP contribution in [-0.4, -0.2) is 4.83 Å². The van der Waals surface area contributed by atoms with E-state index >= 15 is 0 Å². The normalized spacial score (nSPS) is 24.8. The molecule has 0 aromatic heterocycles. The predicted octanol–water partition coefficient (Wildman–Crippen LogP) is 5.22. The van der Waals surface area contributed by atoms with Crippen LogP contribution in [0.5, 0.6) is 0 Å². The Morgan fingerprint density at radius 1 is 1.29 bits per heavy atom. The van der Waals surface area contributed by atoms with E-state index in [1.54, 1.807) is 5.57 Å². The smallest absolute Gasteiger partial charge is 0.0366 e. The first-order valence-corrected chi connectivity index (χ1v) is 7.57. The van der Waals surface area contributed by atoms with E-state index in [0.717, 1.165) is 6.42 Å². The summed E-state index contributed by atoms with van der Waals surface area (Å²) in [5, 5.41) is 0. The highest BCUT2D eigenvalue weighted by atomic mass is 79.9. The van der Waals surface area contributed by atoms with E-state index < -0.39 is 0 Å². The lowest BCUT2D eigenvalue weighted by molar-refractivity contribution is 0.610. The van der Waals surface area contributed by atoms with Crippen molar-refractivity contribution in [1.29, 1.82) is 0 Å². The van der Waals surface area contributed by atoms with Crippen LogP contribution in [0, 0.1) is 0 Å². The summed E-state index contributed by atoms with van der Waals surface area (Å²) < 4.78 is 1.17. The highest BCUT2D eigenvalue weighted by molar-refractivity contribution is 9.10. The molecule has 17 heavy (non-hydrogen) atoms. The Morgan fingerprint density at radius 3 is 2.82 bits per heavy atom. The van der Waals surface area contributed by atoms with Crippen molar-refractivity contribution >= 4 is 37.4 Å². The quantitative estimate of drug-likeness (QED) is 0.561. The van der Waals surface area contributed by atoms with Crippen molar-refractivity contribution in [2.75, 3.05) is 0 Å². The molecule has 0 saturated carbocycles. The van der Waals surface area contributed by atoms with Crippen molar-refractivity contribution in [2.45, 2.75) is 30.5 Å². The first-order chi connectivity index (χ1) is 8.00. The van der Waals surface area contributed by atoms with Crippen LogP contribution in [0.15, 0.2) is 40.4 Å². The average Bonchev–Trinajstić information content (AvgIpc) is 2.49. The molecule has 88 valence electrons. The van der Waals surface area contributed by atoms with Gasteiger partial charge in [0.1, 0.15) is 0 Å². The van der Waals surface area contributed by atoms with Gasteiger partial charge in [-0.3, -0.25) is 0 Å². The molecule has 0 spiro atoms. The maximum absolute atomic E-state index is 3.71. The Morgan fingerprint density at radius 2 is 2.06 bits per heavy atom. The number of rotatable bonds is 0. The number of hydrogen-bond acceptors (Lipinski definition) is 0. The molecule has 0 heterocycles. The zero-order chi connectivity index (χ0) is 12.2. The summed E-state index contributed by atoms with van der Waals surface area (Å²) in [5.41, 5.74) is 6.01. The van der Waals surface area contributed by atoms with Gasteiger partial charge >= 0.3 is 0 Å². The van der Waals surface area contributed by atoms with Crippen LogP contribution in [0.4, 0.5) is 0 Å². The lowest BCUT2D eigenvalue weighted by Gasteiger charge is -2.27. The third-order valence-electron chi connectivity index (χ3n) is 3.90. The molecule has 0 N–H and O–H groups in total. The fraction of sp³-hybridized carbons (Fsp3) is 0.333. The van der Waals surface area contributed by atoms with Gasteiger partial charge in [-0.1, -0.05) is 69.5 Å². The van der Waals surface area contributed by atoms with Crippen LogP contribution in [0.2, 0.25) is 0 Å². The van der Waals surface area contributed by atoms with Gasteiger partial charge in [0, 0.05) is 14.7 Å². The lowest BCUT2D eigenvalue weighted by atomic mass is 9.78. The van der Waals surface area contributed by atoms with Crippen molar-refractivity contribution in [2.24, 2.45) is 0 Å². The van der Waals surface area contributed by atoms with Crippen molar-refractivity contribution in [3.63, 3.8) is 0 Å². The molecule has 2 heteroatoms. The SMILES string of the molecule is CC1(C)C2=C(C=CC(Br)C2)c2ccc(Br)cc21. The average molecular weight is 354 g/mol. The maximum Gasteiger partial charge on any atom is 0.0366 e. The van der Waals surface area contributed by atoms with Crippen LogP contribution >= 0.6 is 31.9 Å². The summed E-state index contributed by atoms with van der Waals surface area (Å²) in [7, 11) is 0. The zero-order valence-electron chi connectivity index (χ0n) is 9.93. The Balaban J connectivity index is 2.23. The number of fused-ring (bicyclic) bond motifs is 2. The first kappa shape index (κ1) is 11.7. The Bertz CT molecular complexity index is 550. The predicted molar refractivity (Wildman–Crippen MR) is 80.6 cm³/mol. The zero-order valence-corrected chi connectivity index (χ0v) is 13.1. The summed E-state index contributed by atoms with van der Waals surface area (Å²) in [6.45, 7) is 4.67. The fourth-order valence-electron chi connectivity index (χ4n) is 2.95. The molecule has 1 aromatic carbocycles. The largest absolute Gasteiger partial charge is 0.0842 e. The van der Waals surface area contributed by atoms with Gasteiger partial charge < -0.3 is 0 Å². The van der Waals surface area contributed by atoms with Gasteiger partial charge in [-0.05, 0) is 35.3 Å². The van der Waals surface area contributed by atoms with Crippen LogP contribution in [0.1, 0.15) is 31.4 Å². The highest BCUT2D eigenvalue weighted by Gasteiger charge is 2.38.